The van der Waals surface area contributed by atoms with Crippen molar-refractivity contribution in [1.29, 1.82) is 0 Å². The number of furan rings is 1. The molecule has 8 heteroatoms. The predicted octanol–water partition coefficient (Wildman–Crippen LogP) is 0.379. The van der Waals surface area contributed by atoms with Crippen LogP contribution in [-0.2, 0) is 23.0 Å². The lowest BCUT2D eigenvalue weighted by atomic mass is 10.3. The van der Waals surface area contributed by atoms with E-state index >= 15 is 0 Å². The molecule has 0 aliphatic carbocycles. The Hall–Kier alpha value is -1.64. The Balaban J connectivity index is 1.90. The van der Waals surface area contributed by atoms with Crippen molar-refractivity contribution >= 4 is 10.0 Å². The zero-order valence-corrected chi connectivity index (χ0v) is 11.7. The Morgan fingerprint density at radius 3 is 3.00 bits per heavy atom. The minimum atomic E-state index is -3.56. The monoisotopic (exact) mass is 299 g/mol. The van der Waals surface area contributed by atoms with Crippen molar-refractivity contribution in [3.05, 3.63) is 36.5 Å². The van der Waals surface area contributed by atoms with Gasteiger partial charge >= 0.3 is 0 Å². The van der Waals surface area contributed by atoms with E-state index in [4.69, 9.17) is 9.52 Å². The molecule has 2 rings (SSSR count). The summed E-state index contributed by atoms with van der Waals surface area (Å²) in [6.45, 7) is 0.791. The maximum atomic E-state index is 12.0. The molecule has 2 heterocycles. The highest BCUT2D eigenvalue weighted by Crippen LogP contribution is 2.08. The van der Waals surface area contributed by atoms with Crippen LogP contribution in [0.5, 0.6) is 0 Å². The van der Waals surface area contributed by atoms with Gasteiger partial charge in [-0.1, -0.05) is 0 Å². The Bertz CT molecular complexity index is 619. The first-order valence-corrected chi connectivity index (χ1v) is 7.75. The van der Waals surface area contributed by atoms with Gasteiger partial charge in [0.2, 0.25) is 10.0 Å². The summed E-state index contributed by atoms with van der Waals surface area (Å²) in [5.74, 6) is 0.728. The largest absolute Gasteiger partial charge is 0.469 e. The molecule has 0 aliphatic rings. The summed E-state index contributed by atoms with van der Waals surface area (Å²) in [5.41, 5.74) is 0. The van der Waals surface area contributed by atoms with E-state index in [0.29, 0.717) is 19.4 Å². The first kappa shape index (κ1) is 14.8. The molecular formula is C12H17N3O4S. The molecular weight excluding hydrogens is 282 g/mol. The number of hydrogen-bond acceptors (Lipinski definition) is 5. The molecule has 0 spiro atoms. The van der Waals surface area contributed by atoms with E-state index in [9.17, 15) is 8.42 Å². The van der Waals surface area contributed by atoms with Crippen molar-refractivity contribution in [3.63, 3.8) is 0 Å². The van der Waals surface area contributed by atoms with Crippen LogP contribution in [-0.4, -0.2) is 36.5 Å². The summed E-state index contributed by atoms with van der Waals surface area (Å²) in [7, 11) is -3.56. The molecule has 0 saturated heterocycles. The van der Waals surface area contributed by atoms with Crippen molar-refractivity contribution in [2.75, 3.05) is 13.2 Å². The number of aromatic nitrogens is 2. The lowest BCUT2D eigenvalue weighted by Crippen LogP contribution is -2.25. The van der Waals surface area contributed by atoms with Crippen LogP contribution in [0.3, 0.4) is 0 Å². The minimum absolute atomic E-state index is 0.0450. The number of aliphatic hydroxyl groups excluding tert-OH is 1. The third kappa shape index (κ3) is 3.92. The highest BCUT2D eigenvalue weighted by molar-refractivity contribution is 7.89. The van der Waals surface area contributed by atoms with E-state index in [1.807, 2.05) is 0 Å². The third-order valence-electron chi connectivity index (χ3n) is 2.71. The average molecular weight is 299 g/mol. The molecule has 7 nitrogen and oxygen atoms in total. The van der Waals surface area contributed by atoms with Gasteiger partial charge in [0.25, 0.3) is 0 Å². The van der Waals surface area contributed by atoms with Gasteiger partial charge < -0.3 is 9.52 Å². The van der Waals surface area contributed by atoms with Gasteiger partial charge in [0.1, 0.15) is 10.7 Å². The molecule has 0 radical (unpaired) electrons. The smallest absolute Gasteiger partial charge is 0.243 e. The Morgan fingerprint density at radius 1 is 1.45 bits per heavy atom. The van der Waals surface area contributed by atoms with E-state index in [-0.39, 0.29) is 18.0 Å². The van der Waals surface area contributed by atoms with Crippen LogP contribution in [0.25, 0.3) is 0 Å². The molecule has 0 bridgehead atoms. The quantitative estimate of drug-likeness (QED) is 0.734. The molecule has 2 aromatic heterocycles. The molecule has 20 heavy (non-hydrogen) atoms. The third-order valence-corrected chi connectivity index (χ3v) is 4.12. The number of sulfonamides is 1. The van der Waals surface area contributed by atoms with Gasteiger partial charge in [0.05, 0.1) is 12.5 Å². The zero-order chi connectivity index (χ0) is 14.4. The maximum Gasteiger partial charge on any atom is 0.243 e. The van der Waals surface area contributed by atoms with Gasteiger partial charge in [0, 0.05) is 32.3 Å². The van der Waals surface area contributed by atoms with Gasteiger partial charge in [0.15, 0.2) is 0 Å². The summed E-state index contributed by atoms with van der Waals surface area (Å²) in [4.78, 5) is 0.120. The average Bonchev–Trinajstić information content (AvgIpc) is 3.07. The molecule has 110 valence electrons. The molecule has 0 aliphatic heterocycles. The number of hydrogen-bond donors (Lipinski definition) is 2. The van der Waals surface area contributed by atoms with E-state index in [1.54, 1.807) is 18.4 Å². The van der Waals surface area contributed by atoms with Crippen LogP contribution in [0.1, 0.15) is 12.2 Å². The second kappa shape index (κ2) is 6.69. The molecule has 2 aromatic rings. The molecule has 0 aromatic carbocycles. The molecule has 0 unspecified atom stereocenters. The zero-order valence-electron chi connectivity index (χ0n) is 10.9. The summed E-state index contributed by atoms with van der Waals surface area (Å²) < 4.78 is 33.1. The van der Waals surface area contributed by atoms with Crippen LogP contribution < -0.4 is 4.72 Å². The van der Waals surface area contributed by atoms with E-state index < -0.39 is 10.0 Å². The number of aliphatic hydroxyl groups is 1. The molecule has 0 fully saturated rings. The topological polar surface area (TPSA) is 97.4 Å². The van der Waals surface area contributed by atoms with Gasteiger partial charge in [-0.3, -0.25) is 4.68 Å². The van der Waals surface area contributed by atoms with Crippen molar-refractivity contribution in [2.45, 2.75) is 24.3 Å². The van der Waals surface area contributed by atoms with E-state index in [1.165, 1.54) is 17.1 Å². The Morgan fingerprint density at radius 2 is 2.30 bits per heavy atom. The number of aryl methyl sites for hydroxylation is 1. The fourth-order valence-electron chi connectivity index (χ4n) is 1.69. The normalized spacial score (nSPS) is 11.8. The predicted molar refractivity (Wildman–Crippen MR) is 71.5 cm³/mol. The molecule has 0 atom stereocenters. The van der Waals surface area contributed by atoms with Gasteiger partial charge in [-0.2, -0.15) is 5.10 Å². The number of rotatable bonds is 8. The van der Waals surface area contributed by atoms with Crippen LogP contribution in [0.4, 0.5) is 0 Å². The van der Waals surface area contributed by atoms with Crippen molar-refractivity contribution in [2.24, 2.45) is 0 Å². The van der Waals surface area contributed by atoms with Crippen LogP contribution in [0.15, 0.2) is 40.1 Å². The van der Waals surface area contributed by atoms with Gasteiger partial charge in [-0.25, -0.2) is 13.1 Å². The van der Waals surface area contributed by atoms with Crippen molar-refractivity contribution in [3.8, 4) is 0 Å². The van der Waals surface area contributed by atoms with Crippen LogP contribution in [0.2, 0.25) is 0 Å². The maximum absolute atomic E-state index is 12.0. The SMILES string of the molecule is O=S(=O)(NCCc1ccco1)c1cnn(CCCO)c1. The van der Waals surface area contributed by atoms with E-state index in [0.717, 1.165) is 5.76 Å². The van der Waals surface area contributed by atoms with Gasteiger partial charge in [-0.05, 0) is 18.6 Å². The number of nitrogens with one attached hydrogen (secondary N) is 1. The summed E-state index contributed by atoms with van der Waals surface area (Å²) in [6.07, 6.45) is 5.32. The minimum Gasteiger partial charge on any atom is -0.469 e. The molecule has 0 saturated carbocycles. The summed E-state index contributed by atoms with van der Waals surface area (Å²) in [5, 5.41) is 12.7. The highest BCUT2D eigenvalue weighted by Gasteiger charge is 2.16. The fourth-order valence-corrected chi connectivity index (χ4v) is 2.67. The van der Waals surface area contributed by atoms with Crippen LogP contribution >= 0.6 is 0 Å². The van der Waals surface area contributed by atoms with E-state index in [2.05, 4.69) is 9.82 Å². The second-order valence-corrected chi connectivity index (χ2v) is 6.01. The highest BCUT2D eigenvalue weighted by atomic mass is 32.2. The van der Waals surface area contributed by atoms with Crippen LogP contribution in [0, 0.1) is 0 Å². The molecule has 2 N–H and O–H groups in total. The van der Waals surface area contributed by atoms with Crippen molar-refractivity contribution < 1.29 is 17.9 Å². The second-order valence-electron chi connectivity index (χ2n) is 4.24. The Kier molecular flexibility index (Phi) is 4.94. The lowest BCUT2D eigenvalue weighted by molar-refractivity contribution is 0.277. The standard InChI is InChI=1S/C12H17N3O4S/c16-7-2-6-15-10-12(9-13-15)20(17,18)14-5-4-11-3-1-8-19-11/h1,3,8-10,14,16H,2,4-7H2. The first-order valence-electron chi connectivity index (χ1n) is 6.27. The molecule has 0 amide bonds. The Labute approximate surface area is 117 Å². The fraction of sp³-hybridized carbons (Fsp3) is 0.417. The van der Waals surface area contributed by atoms with Crippen molar-refractivity contribution in [1.82, 2.24) is 14.5 Å². The number of nitrogens with zero attached hydrogens (tertiary/aromatic N) is 2. The lowest BCUT2D eigenvalue weighted by Gasteiger charge is -2.03. The summed E-state index contributed by atoms with van der Waals surface area (Å²) in [6, 6.07) is 3.55. The first-order chi connectivity index (χ1) is 9.62. The summed E-state index contributed by atoms with van der Waals surface area (Å²) >= 11 is 0. The van der Waals surface area contributed by atoms with Gasteiger partial charge in [-0.15, -0.1) is 0 Å².